The van der Waals surface area contributed by atoms with Crippen molar-refractivity contribution in [2.75, 3.05) is 7.11 Å². The molecule has 0 atom stereocenters. The van der Waals surface area contributed by atoms with Gasteiger partial charge in [0, 0.05) is 0 Å². The Hall–Kier alpha value is -3.06. The van der Waals surface area contributed by atoms with Crippen molar-refractivity contribution in [1.29, 1.82) is 0 Å². The van der Waals surface area contributed by atoms with Gasteiger partial charge in [-0.3, -0.25) is 0 Å². The predicted molar refractivity (Wildman–Crippen MR) is 104 cm³/mol. The van der Waals surface area contributed by atoms with Gasteiger partial charge in [-0.15, -0.1) is 0 Å². The molecule has 1 heteroatoms. The quantitative estimate of drug-likeness (QED) is 0.522. The van der Waals surface area contributed by atoms with E-state index in [1.165, 1.54) is 16.7 Å². The highest BCUT2D eigenvalue weighted by atomic mass is 16.5. The van der Waals surface area contributed by atoms with Gasteiger partial charge in [-0.1, -0.05) is 91.0 Å². The van der Waals surface area contributed by atoms with E-state index in [1.807, 2.05) is 42.5 Å². The third-order valence-electron chi connectivity index (χ3n) is 3.79. The maximum atomic E-state index is 5.17. The Bertz CT molecular complexity index is 810. The third-order valence-corrected chi connectivity index (χ3v) is 3.79. The molecule has 3 aromatic rings. The topological polar surface area (TPSA) is 9.23 Å². The fraction of sp³-hybridized carbons (Fsp3) is 0.0435. The Kier molecular flexibility index (Phi) is 5.26. The summed E-state index contributed by atoms with van der Waals surface area (Å²) >= 11 is 0. The van der Waals surface area contributed by atoms with E-state index >= 15 is 0 Å². The Balaban J connectivity index is 1.65. The van der Waals surface area contributed by atoms with Gasteiger partial charge in [-0.05, 0) is 34.4 Å². The van der Waals surface area contributed by atoms with Crippen LogP contribution in [0, 0.1) is 0 Å². The second-order valence-corrected chi connectivity index (χ2v) is 5.52. The zero-order valence-electron chi connectivity index (χ0n) is 13.7. The second-order valence-electron chi connectivity index (χ2n) is 5.52. The van der Waals surface area contributed by atoms with Crippen molar-refractivity contribution in [3.05, 3.63) is 101 Å². The molecule has 118 valence electrons. The maximum Gasteiger partial charge on any atom is 0.118 e. The van der Waals surface area contributed by atoms with E-state index < -0.39 is 0 Å². The lowest BCUT2D eigenvalue weighted by molar-refractivity contribution is 0.415. The summed E-state index contributed by atoms with van der Waals surface area (Å²) in [5, 5.41) is 0. The van der Waals surface area contributed by atoms with Crippen molar-refractivity contribution in [2.24, 2.45) is 0 Å². The highest BCUT2D eigenvalue weighted by Gasteiger charge is 1.92. The molecule has 1 nitrogen and oxygen atoms in total. The fourth-order valence-electron chi connectivity index (χ4n) is 2.38. The molecule has 0 aliphatic heterocycles. The summed E-state index contributed by atoms with van der Waals surface area (Å²) in [7, 11) is 1.68. The SMILES string of the molecule is COc1ccc(/C=C/c2ccc(/C=C/c3ccccc3)cc2)cc1. The van der Waals surface area contributed by atoms with E-state index in [2.05, 4.69) is 60.7 Å². The van der Waals surface area contributed by atoms with Crippen LogP contribution >= 0.6 is 0 Å². The summed E-state index contributed by atoms with van der Waals surface area (Å²) in [5.41, 5.74) is 4.74. The smallest absolute Gasteiger partial charge is 0.118 e. The van der Waals surface area contributed by atoms with Gasteiger partial charge in [-0.25, -0.2) is 0 Å². The molecular formula is C23H20O. The molecule has 0 saturated carbocycles. The molecule has 0 bridgehead atoms. The first-order chi connectivity index (χ1) is 11.8. The van der Waals surface area contributed by atoms with E-state index in [0.29, 0.717) is 0 Å². The number of hydrogen-bond acceptors (Lipinski definition) is 1. The number of benzene rings is 3. The average Bonchev–Trinajstić information content (AvgIpc) is 2.67. The second kappa shape index (κ2) is 7.98. The first-order valence-corrected chi connectivity index (χ1v) is 7.99. The van der Waals surface area contributed by atoms with Crippen molar-refractivity contribution < 1.29 is 4.74 Å². The zero-order chi connectivity index (χ0) is 16.6. The van der Waals surface area contributed by atoms with Crippen molar-refractivity contribution in [2.45, 2.75) is 0 Å². The molecule has 24 heavy (non-hydrogen) atoms. The molecule has 3 rings (SSSR count). The van der Waals surface area contributed by atoms with Crippen LogP contribution in [-0.4, -0.2) is 7.11 Å². The summed E-state index contributed by atoms with van der Waals surface area (Å²) in [5.74, 6) is 0.877. The summed E-state index contributed by atoms with van der Waals surface area (Å²) in [6.45, 7) is 0. The summed E-state index contributed by atoms with van der Waals surface area (Å²) in [6, 6.07) is 26.9. The van der Waals surface area contributed by atoms with Gasteiger partial charge in [0.25, 0.3) is 0 Å². The van der Waals surface area contributed by atoms with Crippen molar-refractivity contribution in [3.8, 4) is 5.75 Å². The fourth-order valence-corrected chi connectivity index (χ4v) is 2.38. The summed E-state index contributed by atoms with van der Waals surface area (Å²) in [4.78, 5) is 0. The number of ether oxygens (including phenoxy) is 1. The van der Waals surface area contributed by atoms with Crippen LogP contribution in [0.4, 0.5) is 0 Å². The van der Waals surface area contributed by atoms with Gasteiger partial charge in [0.2, 0.25) is 0 Å². The molecule has 0 radical (unpaired) electrons. The Labute approximate surface area is 143 Å². The highest BCUT2D eigenvalue weighted by molar-refractivity contribution is 5.73. The van der Waals surface area contributed by atoms with Crippen molar-refractivity contribution in [3.63, 3.8) is 0 Å². The van der Waals surface area contributed by atoms with Crippen molar-refractivity contribution >= 4 is 24.3 Å². The van der Waals surface area contributed by atoms with Gasteiger partial charge >= 0.3 is 0 Å². The molecule has 0 spiro atoms. The molecular weight excluding hydrogens is 292 g/mol. The minimum absolute atomic E-state index is 0.877. The minimum Gasteiger partial charge on any atom is -0.497 e. The van der Waals surface area contributed by atoms with Crippen LogP contribution < -0.4 is 4.74 Å². The minimum atomic E-state index is 0.877. The molecule has 0 heterocycles. The molecule has 0 N–H and O–H groups in total. The van der Waals surface area contributed by atoms with E-state index in [9.17, 15) is 0 Å². The highest BCUT2D eigenvalue weighted by Crippen LogP contribution is 2.15. The predicted octanol–water partition coefficient (Wildman–Crippen LogP) is 6.04. The Morgan fingerprint density at radius 1 is 0.500 bits per heavy atom. The average molecular weight is 312 g/mol. The normalized spacial score (nSPS) is 11.2. The van der Waals surface area contributed by atoms with E-state index in [4.69, 9.17) is 4.74 Å². The van der Waals surface area contributed by atoms with Gasteiger partial charge in [0.1, 0.15) is 5.75 Å². The first kappa shape index (κ1) is 15.8. The monoisotopic (exact) mass is 312 g/mol. The van der Waals surface area contributed by atoms with E-state index in [0.717, 1.165) is 11.3 Å². The first-order valence-electron chi connectivity index (χ1n) is 7.99. The van der Waals surface area contributed by atoms with Gasteiger partial charge < -0.3 is 4.74 Å². The molecule has 0 fully saturated rings. The van der Waals surface area contributed by atoms with E-state index in [-0.39, 0.29) is 0 Å². The summed E-state index contributed by atoms with van der Waals surface area (Å²) < 4.78 is 5.17. The molecule has 0 aromatic heterocycles. The molecule has 0 aliphatic carbocycles. The van der Waals surface area contributed by atoms with Crippen LogP contribution in [0.1, 0.15) is 22.3 Å². The molecule has 3 aromatic carbocycles. The third kappa shape index (κ3) is 4.47. The van der Waals surface area contributed by atoms with Crippen LogP contribution in [0.15, 0.2) is 78.9 Å². The van der Waals surface area contributed by atoms with Gasteiger partial charge in [-0.2, -0.15) is 0 Å². The Morgan fingerprint density at radius 2 is 0.875 bits per heavy atom. The number of hydrogen-bond donors (Lipinski definition) is 0. The Morgan fingerprint density at radius 3 is 1.29 bits per heavy atom. The van der Waals surface area contributed by atoms with Gasteiger partial charge in [0.05, 0.1) is 7.11 Å². The van der Waals surface area contributed by atoms with Crippen LogP contribution in [0.3, 0.4) is 0 Å². The molecule has 0 aliphatic rings. The molecule has 0 unspecified atom stereocenters. The lowest BCUT2D eigenvalue weighted by Crippen LogP contribution is -1.81. The van der Waals surface area contributed by atoms with Crippen LogP contribution in [0.25, 0.3) is 24.3 Å². The standard InChI is InChI=1S/C23H20O/c1-24-23-17-15-22(16-18-23)14-13-21-11-9-20(10-12-21)8-7-19-5-3-2-4-6-19/h2-18H,1H3/b8-7+,14-13+. The van der Waals surface area contributed by atoms with Gasteiger partial charge in [0.15, 0.2) is 0 Å². The van der Waals surface area contributed by atoms with Crippen LogP contribution in [0.5, 0.6) is 5.75 Å². The lowest BCUT2D eigenvalue weighted by atomic mass is 10.1. The lowest BCUT2D eigenvalue weighted by Gasteiger charge is -2.00. The van der Waals surface area contributed by atoms with Crippen LogP contribution in [0.2, 0.25) is 0 Å². The maximum absolute atomic E-state index is 5.17. The largest absolute Gasteiger partial charge is 0.497 e. The molecule has 0 saturated heterocycles. The number of rotatable bonds is 5. The van der Waals surface area contributed by atoms with Crippen LogP contribution in [-0.2, 0) is 0 Å². The van der Waals surface area contributed by atoms with E-state index in [1.54, 1.807) is 7.11 Å². The molecule has 0 amide bonds. The summed E-state index contributed by atoms with van der Waals surface area (Å²) in [6.07, 6.45) is 8.48. The zero-order valence-corrected chi connectivity index (χ0v) is 13.7. The number of methoxy groups -OCH3 is 1. The van der Waals surface area contributed by atoms with Crippen molar-refractivity contribution in [1.82, 2.24) is 0 Å².